The van der Waals surface area contributed by atoms with E-state index in [0.717, 1.165) is 56.8 Å². The number of benzene rings is 1. The Labute approximate surface area is 182 Å². The number of nitrogens with zero attached hydrogens (tertiary/aromatic N) is 5. The lowest BCUT2D eigenvalue weighted by molar-refractivity contribution is 0.554. The Morgan fingerprint density at radius 2 is 2.13 bits per heavy atom. The van der Waals surface area contributed by atoms with Gasteiger partial charge in [0, 0.05) is 74.7 Å². The molecule has 1 atom stereocenters. The molecule has 0 fully saturated rings. The van der Waals surface area contributed by atoms with Crippen molar-refractivity contribution < 1.29 is 0 Å². The molecule has 1 aromatic carbocycles. The van der Waals surface area contributed by atoms with Crippen LogP contribution in [0.15, 0.2) is 55.1 Å². The Bertz CT molecular complexity index is 1130. The number of hydrogen-bond acceptors (Lipinski definition) is 5. The minimum atomic E-state index is 0.517. The van der Waals surface area contributed by atoms with E-state index >= 15 is 0 Å². The van der Waals surface area contributed by atoms with Gasteiger partial charge in [0.2, 0.25) is 0 Å². The summed E-state index contributed by atoms with van der Waals surface area (Å²) in [6, 6.07) is 11.0. The number of anilines is 1. The highest BCUT2D eigenvalue weighted by Gasteiger charge is 2.20. The Hall–Kier alpha value is -3.19. The maximum atomic E-state index is 5.13. The van der Waals surface area contributed by atoms with Gasteiger partial charge in [-0.3, -0.25) is 9.67 Å². The van der Waals surface area contributed by atoms with Crippen molar-refractivity contribution in [3.05, 3.63) is 72.1 Å². The summed E-state index contributed by atoms with van der Waals surface area (Å²) in [7, 11) is 0. The SMILES string of the molecule is C[C@H]1CCc2c(ccc3c2nc(CCn2cccn2)n3CCNCc2cccnc2)N1. The van der Waals surface area contributed by atoms with E-state index < -0.39 is 0 Å². The van der Waals surface area contributed by atoms with E-state index in [4.69, 9.17) is 4.98 Å². The molecule has 0 amide bonds. The number of imidazole rings is 1. The molecule has 2 N–H and O–H groups in total. The summed E-state index contributed by atoms with van der Waals surface area (Å²) in [6.45, 7) is 5.65. The molecule has 0 saturated heterocycles. The summed E-state index contributed by atoms with van der Waals surface area (Å²) < 4.78 is 4.36. The van der Waals surface area contributed by atoms with Gasteiger partial charge in [0.05, 0.1) is 11.0 Å². The number of aryl methyl sites for hydroxylation is 3. The Kier molecular flexibility index (Phi) is 5.67. The molecule has 0 saturated carbocycles. The van der Waals surface area contributed by atoms with Gasteiger partial charge >= 0.3 is 0 Å². The van der Waals surface area contributed by atoms with E-state index in [9.17, 15) is 0 Å². The van der Waals surface area contributed by atoms with E-state index in [1.54, 1.807) is 0 Å². The third-order valence-corrected chi connectivity index (χ3v) is 6.02. The van der Waals surface area contributed by atoms with E-state index in [1.807, 2.05) is 41.6 Å². The van der Waals surface area contributed by atoms with Crippen molar-refractivity contribution in [1.82, 2.24) is 29.6 Å². The van der Waals surface area contributed by atoms with Crippen LogP contribution in [0.25, 0.3) is 11.0 Å². The first-order valence-corrected chi connectivity index (χ1v) is 11.1. The van der Waals surface area contributed by atoms with Crippen molar-refractivity contribution in [3.63, 3.8) is 0 Å². The predicted molar refractivity (Wildman–Crippen MR) is 123 cm³/mol. The Morgan fingerprint density at radius 1 is 1.16 bits per heavy atom. The summed E-state index contributed by atoms with van der Waals surface area (Å²) in [5, 5.41) is 11.5. The maximum Gasteiger partial charge on any atom is 0.111 e. The number of fused-ring (bicyclic) bond motifs is 3. The molecule has 0 radical (unpaired) electrons. The second-order valence-electron chi connectivity index (χ2n) is 8.28. The van der Waals surface area contributed by atoms with Crippen LogP contribution in [-0.4, -0.2) is 36.9 Å². The highest BCUT2D eigenvalue weighted by Crippen LogP contribution is 2.32. The molecule has 7 nitrogen and oxygen atoms in total. The lowest BCUT2D eigenvalue weighted by Gasteiger charge is -2.24. The second kappa shape index (κ2) is 8.89. The van der Waals surface area contributed by atoms with E-state index in [2.05, 4.69) is 50.4 Å². The zero-order valence-electron chi connectivity index (χ0n) is 18.0. The largest absolute Gasteiger partial charge is 0.382 e. The third kappa shape index (κ3) is 4.32. The fourth-order valence-electron chi connectivity index (χ4n) is 4.40. The van der Waals surface area contributed by atoms with Crippen LogP contribution in [0.4, 0.5) is 5.69 Å². The molecule has 5 rings (SSSR count). The molecule has 0 aliphatic carbocycles. The molecule has 1 aliphatic heterocycles. The average Bonchev–Trinajstić information content (AvgIpc) is 3.43. The van der Waals surface area contributed by atoms with Gasteiger partial charge in [-0.1, -0.05) is 6.07 Å². The van der Waals surface area contributed by atoms with E-state index in [-0.39, 0.29) is 0 Å². The molecule has 31 heavy (non-hydrogen) atoms. The molecule has 3 aromatic heterocycles. The maximum absolute atomic E-state index is 5.13. The summed E-state index contributed by atoms with van der Waals surface area (Å²) in [5.74, 6) is 1.13. The lowest BCUT2D eigenvalue weighted by Crippen LogP contribution is -2.22. The van der Waals surface area contributed by atoms with Crippen LogP contribution in [0.5, 0.6) is 0 Å². The number of aromatic nitrogens is 5. The van der Waals surface area contributed by atoms with Crippen LogP contribution >= 0.6 is 0 Å². The van der Waals surface area contributed by atoms with Gasteiger partial charge in [-0.15, -0.1) is 0 Å². The standard InChI is InChI=1S/C24H29N7/c1-18-5-6-20-21(28-18)7-8-22-24(20)29-23(9-14-30-13-3-11-27-30)31(22)15-12-26-17-19-4-2-10-25-16-19/h2-4,7-8,10-11,13,16,18,26,28H,5-6,9,12,14-15,17H2,1H3/t18-/m0/s1. The summed E-state index contributed by atoms with van der Waals surface area (Å²) in [5.41, 5.74) is 6.18. The van der Waals surface area contributed by atoms with Crippen LogP contribution < -0.4 is 10.6 Å². The molecular formula is C24H29N7. The highest BCUT2D eigenvalue weighted by atomic mass is 15.3. The normalized spacial score (nSPS) is 15.7. The minimum Gasteiger partial charge on any atom is -0.382 e. The molecule has 0 bridgehead atoms. The quantitative estimate of drug-likeness (QED) is 0.432. The molecule has 7 heteroatoms. The van der Waals surface area contributed by atoms with Crippen molar-refractivity contribution in [2.75, 3.05) is 11.9 Å². The smallest absolute Gasteiger partial charge is 0.111 e. The van der Waals surface area contributed by atoms with Crippen molar-refractivity contribution in [1.29, 1.82) is 0 Å². The second-order valence-corrected chi connectivity index (χ2v) is 8.28. The summed E-state index contributed by atoms with van der Waals surface area (Å²) >= 11 is 0. The lowest BCUT2D eigenvalue weighted by atomic mass is 9.98. The van der Waals surface area contributed by atoms with Crippen molar-refractivity contribution in [2.24, 2.45) is 0 Å². The van der Waals surface area contributed by atoms with Gasteiger partial charge in [-0.25, -0.2) is 4.98 Å². The van der Waals surface area contributed by atoms with Gasteiger partial charge in [-0.2, -0.15) is 5.10 Å². The molecule has 4 aromatic rings. The number of nitrogens with one attached hydrogen (secondary N) is 2. The molecule has 1 aliphatic rings. The first kappa shape index (κ1) is 19.8. The van der Waals surface area contributed by atoms with Gasteiger partial charge in [0.15, 0.2) is 0 Å². The van der Waals surface area contributed by atoms with E-state index in [0.29, 0.717) is 6.04 Å². The Balaban J connectivity index is 1.38. The van der Waals surface area contributed by atoms with Crippen LogP contribution in [0.1, 0.15) is 30.3 Å². The highest BCUT2D eigenvalue weighted by molar-refractivity contribution is 5.86. The fraction of sp³-hybridized carbons (Fsp3) is 0.375. The number of rotatable bonds is 8. The minimum absolute atomic E-state index is 0.517. The molecule has 4 heterocycles. The molecule has 0 unspecified atom stereocenters. The zero-order valence-corrected chi connectivity index (χ0v) is 18.0. The topological polar surface area (TPSA) is 72.6 Å². The summed E-state index contributed by atoms with van der Waals surface area (Å²) in [6.07, 6.45) is 10.6. The predicted octanol–water partition coefficient (Wildman–Crippen LogP) is 3.41. The van der Waals surface area contributed by atoms with Gasteiger partial charge < -0.3 is 15.2 Å². The Morgan fingerprint density at radius 3 is 2.97 bits per heavy atom. The third-order valence-electron chi connectivity index (χ3n) is 6.02. The van der Waals surface area contributed by atoms with Crippen LogP contribution in [0.3, 0.4) is 0 Å². The fourth-order valence-corrected chi connectivity index (χ4v) is 4.40. The monoisotopic (exact) mass is 415 g/mol. The number of hydrogen-bond donors (Lipinski definition) is 2. The van der Waals surface area contributed by atoms with Crippen LogP contribution in [-0.2, 0) is 32.5 Å². The van der Waals surface area contributed by atoms with Gasteiger partial charge in [0.1, 0.15) is 5.82 Å². The van der Waals surface area contributed by atoms with Gasteiger partial charge in [-0.05, 0) is 49.6 Å². The molecule has 160 valence electrons. The zero-order chi connectivity index (χ0) is 21.0. The molecule has 0 spiro atoms. The van der Waals surface area contributed by atoms with Crippen LogP contribution in [0.2, 0.25) is 0 Å². The number of pyridine rings is 1. The van der Waals surface area contributed by atoms with Crippen molar-refractivity contribution >= 4 is 16.7 Å². The van der Waals surface area contributed by atoms with Crippen molar-refractivity contribution in [2.45, 2.75) is 51.9 Å². The van der Waals surface area contributed by atoms with Gasteiger partial charge in [0.25, 0.3) is 0 Å². The van der Waals surface area contributed by atoms with Crippen LogP contribution in [0, 0.1) is 0 Å². The average molecular weight is 416 g/mol. The first-order chi connectivity index (χ1) is 15.3. The molecular weight excluding hydrogens is 386 g/mol. The summed E-state index contributed by atoms with van der Waals surface area (Å²) in [4.78, 5) is 9.33. The van der Waals surface area contributed by atoms with Crippen molar-refractivity contribution in [3.8, 4) is 0 Å². The first-order valence-electron chi connectivity index (χ1n) is 11.1. The van der Waals surface area contributed by atoms with E-state index in [1.165, 1.54) is 22.3 Å².